The summed E-state index contributed by atoms with van der Waals surface area (Å²) in [4.78, 5) is 2.95. The van der Waals surface area contributed by atoms with E-state index in [1.807, 2.05) is 0 Å². The smallest absolute Gasteiger partial charge is 0.220 e. The van der Waals surface area contributed by atoms with Gasteiger partial charge < -0.3 is 10.8 Å². The van der Waals surface area contributed by atoms with E-state index in [9.17, 15) is 8.78 Å². The van der Waals surface area contributed by atoms with Crippen molar-refractivity contribution in [2.45, 2.75) is 19.1 Å². The standard InChI is InChI=1S/C8H10F2N2O/c1-4(13)7(11)5-2-3-6(9)12-8(5)10/h2-4,7,13H,11H2,1H3. The van der Waals surface area contributed by atoms with Crippen molar-refractivity contribution in [2.24, 2.45) is 5.73 Å². The lowest BCUT2D eigenvalue weighted by Crippen LogP contribution is -2.24. The summed E-state index contributed by atoms with van der Waals surface area (Å²) in [5.74, 6) is -1.88. The van der Waals surface area contributed by atoms with Crippen molar-refractivity contribution in [2.75, 3.05) is 0 Å². The zero-order chi connectivity index (χ0) is 10.0. The Balaban J connectivity index is 3.01. The van der Waals surface area contributed by atoms with Gasteiger partial charge in [0.05, 0.1) is 12.1 Å². The van der Waals surface area contributed by atoms with Crippen molar-refractivity contribution < 1.29 is 13.9 Å². The van der Waals surface area contributed by atoms with Crippen LogP contribution in [0, 0.1) is 11.9 Å². The summed E-state index contributed by atoms with van der Waals surface area (Å²) in [6.07, 6.45) is -0.901. The summed E-state index contributed by atoms with van der Waals surface area (Å²) >= 11 is 0. The molecule has 72 valence electrons. The Morgan fingerprint density at radius 2 is 2.08 bits per heavy atom. The fraction of sp³-hybridized carbons (Fsp3) is 0.375. The second-order valence-corrected chi connectivity index (χ2v) is 2.78. The molecule has 0 aliphatic heterocycles. The van der Waals surface area contributed by atoms with E-state index in [4.69, 9.17) is 10.8 Å². The van der Waals surface area contributed by atoms with Crippen LogP contribution in [0.15, 0.2) is 12.1 Å². The van der Waals surface area contributed by atoms with Crippen LogP contribution in [0.2, 0.25) is 0 Å². The molecule has 0 fully saturated rings. The van der Waals surface area contributed by atoms with E-state index in [1.165, 1.54) is 13.0 Å². The maximum Gasteiger partial charge on any atom is 0.220 e. The van der Waals surface area contributed by atoms with E-state index in [0.717, 1.165) is 6.07 Å². The quantitative estimate of drug-likeness (QED) is 0.673. The zero-order valence-corrected chi connectivity index (χ0v) is 7.04. The molecule has 0 amide bonds. The Bertz CT molecular complexity index is 304. The lowest BCUT2D eigenvalue weighted by molar-refractivity contribution is 0.162. The lowest BCUT2D eigenvalue weighted by Gasteiger charge is -2.14. The van der Waals surface area contributed by atoms with Crippen molar-refractivity contribution in [3.8, 4) is 0 Å². The molecule has 0 radical (unpaired) electrons. The highest BCUT2D eigenvalue weighted by molar-refractivity contribution is 5.16. The maximum atomic E-state index is 12.9. The van der Waals surface area contributed by atoms with E-state index in [0.29, 0.717) is 0 Å². The molecule has 2 atom stereocenters. The zero-order valence-electron chi connectivity index (χ0n) is 7.04. The Morgan fingerprint density at radius 1 is 1.46 bits per heavy atom. The van der Waals surface area contributed by atoms with Gasteiger partial charge in [-0.3, -0.25) is 0 Å². The summed E-state index contributed by atoms with van der Waals surface area (Å²) < 4.78 is 25.3. The molecule has 1 aromatic heterocycles. The number of halogens is 2. The van der Waals surface area contributed by atoms with Gasteiger partial charge >= 0.3 is 0 Å². The van der Waals surface area contributed by atoms with Crippen molar-refractivity contribution in [1.82, 2.24) is 4.98 Å². The Morgan fingerprint density at radius 3 is 2.54 bits per heavy atom. The minimum atomic E-state index is -0.978. The third-order valence-electron chi connectivity index (χ3n) is 1.72. The molecule has 1 rings (SSSR count). The largest absolute Gasteiger partial charge is 0.391 e. The minimum Gasteiger partial charge on any atom is -0.391 e. The number of aliphatic hydroxyl groups excluding tert-OH is 1. The number of nitrogens with two attached hydrogens (primary N) is 1. The predicted octanol–water partition coefficient (Wildman–Crippen LogP) is 0.740. The molecular weight excluding hydrogens is 178 g/mol. The van der Waals surface area contributed by atoms with Crippen molar-refractivity contribution in [1.29, 1.82) is 0 Å². The normalized spacial score (nSPS) is 15.5. The SMILES string of the molecule is CC(O)C(N)c1ccc(F)nc1F. The van der Waals surface area contributed by atoms with Gasteiger partial charge in [-0.05, 0) is 19.1 Å². The molecule has 13 heavy (non-hydrogen) atoms. The number of rotatable bonds is 2. The van der Waals surface area contributed by atoms with Crippen LogP contribution < -0.4 is 5.73 Å². The molecular formula is C8H10F2N2O. The van der Waals surface area contributed by atoms with Gasteiger partial charge in [-0.2, -0.15) is 13.8 Å². The van der Waals surface area contributed by atoms with Crippen molar-refractivity contribution in [3.05, 3.63) is 29.6 Å². The van der Waals surface area contributed by atoms with Crippen LogP contribution in [-0.2, 0) is 0 Å². The van der Waals surface area contributed by atoms with Crippen LogP contribution in [0.1, 0.15) is 18.5 Å². The number of pyridine rings is 1. The molecule has 0 aromatic carbocycles. The molecule has 0 saturated carbocycles. The van der Waals surface area contributed by atoms with Crippen LogP contribution in [0.5, 0.6) is 0 Å². The van der Waals surface area contributed by atoms with Gasteiger partial charge in [0.25, 0.3) is 0 Å². The number of hydrogen-bond acceptors (Lipinski definition) is 3. The van der Waals surface area contributed by atoms with Crippen LogP contribution in [0.25, 0.3) is 0 Å². The molecule has 2 unspecified atom stereocenters. The fourth-order valence-corrected chi connectivity index (χ4v) is 0.931. The van der Waals surface area contributed by atoms with Gasteiger partial charge in [0.15, 0.2) is 0 Å². The van der Waals surface area contributed by atoms with Crippen LogP contribution >= 0.6 is 0 Å². The minimum absolute atomic E-state index is 0.0106. The molecule has 0 spiro atoms. The second kappa shape index (κ2) is 3.76. The van der Waals surface area contributed by atoms with Gasteiger partial charge in [-0.25, -0.2) is 0 Å². The Hall–Kier alpha value is -1.07. The summed E-state index contributed by atoms with van der Waals surface area (Å²) in [6, 6.07) is 1.29. The molecule has 5 heteroatoms. The summed E-state index contributed by atoms with van der Waals surface area (Å²) in [6.45, 7) is 1.42. The third kappa shape index (κ3) is 2.19. The van der Waals surface area contributed by atoms with E-state index in [-0.39, 0.29) is 5.56 Å². The highest BCUT2D eigenvalue weighted by atomic mass is 19.1. The number of hydrogen-bond donors (Lipinski definition) is 2. The average Bonchev–Trinajstić information content (AvgIpc) is 2.03. The fourth-order valence-electron chi connectivity index (χ4n) is 0.931. The first-order chi connectivity index (χ1) is 6.02. The first-order valence-electron chi connectivity index (χ1n) is 3.78. The first kappa shape index (κ1) is 10.0. The van der Waals surface area contributed by atoms with Gasteiger partial charge in [0.2, 0.25) is 11.9 Å². The van der Waals surface area contributed by atoms with E-state index in [2.05, 4.69) is 4.98 Å². The molecule has 3 N–H and O–H groups in total. The van der Waals surface area contributed by atoms with Gasteiger partial charge in [-0.1, -0.05) is 0 Å². The third-order valence-corrected chi connectivity index (χ3v) is 1.72. The predicted molar refractivity (Wildman–Crippen MR) is 42.8 cm³/mol. The Labute approximate surface area is 74.2 Å². The average molecular weight is 188 g/mol. The highest BCUT2D eigenvalue weighted by Gasteiger charge is 2.17. The van der Waals surface area contributed by atoms with E-state index >= 15 is 0 Å². The number of nitrogens with zero attached hydrogens (tertiary/aromatic N) is 1. The van der Waals surface area contributed by atoms with Gasteiger partial charge in [-0.15, -0.1) is 0 Å². The topological polar surface area (TPSA) is 59.1 Å². The molecule has 1 heterocycles. The molecule has 1 aromatic rings. The molecule has 0 saturated heterocycles. The Kier molecular flexibility index (Phi) is 2.90. The number of aromatic nitrogens is 1. The summed E-state index contributed by atoms with van der Waals surface area (Å²) in [5.41, 5.74) is 5.45. The highest BCUT2D eigenvalue weighted by Crippen LogP contribution is 2.16. The van der Waals surface area contributed by atoms with E-state index in [1.54, 1.807) is 0 Å². The molecule has 0 aliphatic rings. The van der Waals surface area contributed by atoms with Crippen LogP contribution in [-0.4, -0.2) is 16.2 Å². The molecule has 0 aliphatic carbocycles. The first-order valence-corrected chi connectivity index (χ1v) is 3.78. The second-order valence-electron chi connectivity index (χ2n) is 2.78. The maximum absolute atomic E-state index is 12.9. The summed E-state index contributed by atoms with van der Waals surface area (Å²) in [7, 11) is 0. The van der Waals surface area contributed by atoms with E-state index < -0.39 is 24.0 Å². The van der Waals surface area contributed by atoms with Gasteiger partial charge in [0.1, 0.15) is 0 Å². The number of aliphatic hydroxyl groups is 1. The molecule has 3 nitrogen and oxygen atoms in total. The monoisotopic (exact) mass is 188 g/mol. The van der Waals surface area contributed by atoms with Crippen LogP contribution in [0.4, 0.5) is 8.78 Å². The molecule has 0 bridgehead atoms. The lowest BCUT2D eigenvalue weighted by atomic mass is 10.1. The summed E-state index contributed by atoms with van der Waals surface area (Å²) in [5, 5.41) is 9.05. The van der Waals surface area contributed by atoms with Crippen molar-refractivity contribution in [3.63, 3.8) is 0 Å². The van der Waals surface area contributed by atoms with Crippen molar-refractivity contribution >= 4 is 0 Å². The van der Waals surface area contributed by atoms with Crippen LogP contribution in [0.3, 0.4) is 0 Å². The van der Waals surface area contributed by atoms with Gasteiger partial charge in [0, 0.05) is 5.56 Å².